The molecule has 3 aromatic heterocycles. The van der Waals surface area contributed by atoms with Gasteiger partial charge in [0.25, 0.3) is 5.88 Å². The summed E-state index contributed by atoms with van der Waals surface area (Å²) < 4.78 is 22.1. The Hall–Kier alpha value is -2.92. The maximum absolute atomic E-state index is 6.94. The van der Waals surface area contributed by atoms with Crippen molar-refractivity contribution in [1.82, 2.24) is 34.7 Å². The van der Waals surface area contributed by atoms with Crippen LogP contribution in [0.4, 0.5) is 5.95 Å². The van der Waals surface area contributed by atoms with Crippen molar-refractivity contribution in [3.8, 4) is 5.88 Å². The molecule has 1 aromatic carbocycles. The second-order valence-electron chi connectivity index (χ2n) is 14.1. The number of rotatable bonds is 8. The summed E-state index contributed by atoms with van der Waals surface area (Å²) >= 11 is 0. The highest BCUT2D eigenvalue weighted by atomic mass is 28.4. The number of nitrogen functional groups attached to an aromatic ring is 1. The van der Waals surface area contributed by atoms with Crippen molar-refractivity contribution < 1.29 is 18.4 Å². The number of nitrogens with two attached hydrogens (primary N) is 1. The van der Waals surface area contributed by atoms with Gasteiger partial charge < -0.3 is 24.2 Å². The molecule has 228 valence electrons. The minimum atomic E-state index is -2.10. The molecule has 0 radical (unpaired) electrons. The number of nitrogens with zero attached hydrogens (tertiary/aromatic N) is 7. The van der Waals surface area contributed by atoms with Crippen LogP contribution in [0.3, 0.4) is 0 Å². The third kappa shape index (κ3) is 5.82. The van der Waals surface area contributed by atoms with Gasteiger partial charge in [0.1, 0.15) is 23.4 Å². The van der Waals surface area contributed by atoms with E-state index in [1.807, 2.05) is 28.8 Å². The molecule has 2 N–H and O–H groups in total. The molecule has 5 rings (SSSR count). The van der Waals surface area contributed by atoms with Crippen molar-refractivity contribution in [2.45, 2.75) is 103 Å². The third-order valence-electron chi connectivity index (χ3n) is 9.06. The van der Waals surface area contributed by atoms with E-state index in [1.165, 1.54) is 4.85 Å². The van der Waals surface area contributed by atoms with Crippen molar-refractivity contribution in [2.24, 2.45) is 0 Å². The Labute approximate surface area is 249 Å². The Balaban J connectivity index is 1.45. The first-order valence-electron chi connectivity index (χ1n) is 14.4. The fourth-order valence-electron chi connectivity index (χ4n) is 4.39. The van der Waals surface area contributed by atoms with Gasteiger partial charge in [0, 0.05) is 6.42 Å². The lowest BCUT2D eigenvalue weighted by Crippen LogP contribution is -2.48. The Morgan fingerprint density at radius 1 is 1.00 bits per heavy atom. The first-order valence-corrected chi connectivity index (χ1v) is 20.2. The fraction of sp³-hybridized carbons (Fsp3) is 0.607. The molecular formula is C28H44N8O4Si2. The minimum absolute atomic E-state index is 0.0496. The quantitative estimate of drug-likeness (QED) is 0.247. The average molecular weight is 613 g/mol. The molecule has 1 aliphatic heterocycles. The van der Waals surface area contributed by atoms with Gasteiger partial charge in [-0.05, 0) is 53.6 Å². The van der Waals surface area contributed by atoms with Gasteiger partial charge in [-0.15, -0.1) is 5.10 Å². The molecule has 0 spiro atoms. The normalized spacial score (nSPS) is 20.6. The molecule has 0 saturated carbocycles. The number of anilines is 1. The summed E-state index contributed by atoms with van der Waals surface area (Å²) in [5.74, 6) is 0.227. The number of imidazole rings is 1. The van der Waals surface area contributed by atoms with Crippen molar-refractivity contribution in [2.75, 3.05) is 12.3 Å². The lowest BCUT2D eigenvalue weighted by molar-refractivity contribution is -0.0383. The summed E-state index contributed by atoms with van der Waals surface area (Å²) in [6.45, 7) is 23.0. The largest absolute Gasteiger partial charge is 0.414 e. The van der Waals surface area contributed by atoms with Gasteiger partial charge in [-0.1, -0.05) is 58.5 Å². The minimum Gasteiger partial charge on any atom is -0.414 e. The summed E-state index contributed by atoms with van der Waals surface area (Å²) in [5, 5.41) is 8.39. The van der Waals surface area contributed by atoms with Crippen molar-refractivity contribution >= 4 is 44.8 Å². The van der Waals surface area contributed by atoms with Gasteiger partial charge in [0.05, 0.1) is 19.0 Å². The van der Waals surface area contributed by atoms with Crippen LogP contribution in [0.2, 0.25) is 36.3 Å². The number of hydrogen-bond acceptors (Lipinski definition) is 10. The highest BCUT2D eigenvalue weighted by Crippen LogP contribution is 2.43. The SMILES string of the molecule is CC(C)(C)[Si](C)(C)OC[C@H]1O[C@@H](n2cnc3c(On4nnc5ccccc54)nc(N)nc32)C[C@H]1O[Si](C)(C)C(C)(C)C. The van der Waals surface area contributed by atoms with E-state index in [1.54, 1.807) is 6.33 Å². The zero-order valence-electron chi connectivity index (χ0n) is 26.4. The van der Waals surface area contributed by atoms with Crippen LogP contribution < -0.4 is 10.6 Å². The van der Waals surface area contributed by atoms with E-state index in [0.717, 1.165) is 0 Å². The van der Waals surface area contributed by atoms with E-state index in [-0.39, 0.29) is 40.3 Å². The highest BCUT2D eigenvalue weighted by molar-refractivity contribution is 6.74. The van der Waals surface area contributed by atoms with E-state index in [4.69, 9.17) is 24.2 Å². The molecule has 4 heterocycles. The topological polar surface area (TPSA) is 137 Å². The third-order valence-corrected chi connectivity index (χ3v) is 18.1. The monoisotopic (exact) mass is 612 g/mol. The number of aromatic nitrogens is 7. The van der Waals surface area contributed by atoms with E-state index >= 15 is 0 Å². The van der Waals surface area contributed by atoms with E-state index in [9.17, 15) is 0 Å². The van der Waals surface area contributed by atoms with Crippen LogP contribution in [-0.2, 0) is 13.6 Å². The van der Waals surface area contributed by atoms with Crippen LogP contribution in [0.15, 0.2) is 30.6 Å². The smallest absolute Gasteiger partial charge is 0.281 e. The van der Waals surface area contributed by atoms with E-state index in [2.05, 4.69) is 93.0 Å². The standard InChI is InChI=1S/C28H44N8O4Si2/c1-27(2,3)41(7,8)37-16-21-20(40-42(9,10)28(4,5)6)15-22(38-21)35-17-30-23-24(35)31-26(29)32-25(23)39-36-19-14-12-11-13-18(19)33-34-36/h11-14,17,20-22H,15-16H2,1-10H3,(H2,29,31,32)/t20-,21-,22-/m1/s1. The second-order valence-corrected chi connectivity index (χ2v) is 23.7. The lowest BCUT2D eigenvalue weighted by atomic mass is 10.2. The average Bonchev–Trinajstić information content (AvgIpc) is 3.58. The number of benzene rings is 1. The zero-order valence-corrected chi connectivity index (χ0v) is 28.4. The van der Waals surface area contributed by atoms with Gasteiger partial charge in [-0.25, -0.2) is 4.98 Å². The van der Waals surface area contributed by atoms with Crippen LogP contribution in [-0.4, -0.2) is 70.1 Å². The molecule has 1 aliphatic rings. The number of para-hydroxylation sites is 1. The molecule has 1 saturated heterocycles. The Bertz CT molecular complexity index is 1570. The van der Waals surface area contributed by atoms with Crippen LogP contribution in [0.5, 0.6) is 5.88 Å². The van der Waals surface area contributed by atoms with Crippen molar-refractivity contribution in [3.05, 3.63) is 30.6 Å². The molecule has 14 heteroatoms. The molecule has 0 unspecified atom stereocenters. The Morgan fingerprint density at radius 2 is 1.69 bits per heavy atom. The Morgan fingerprint density at radius 3 is 2.38 bits per heavy atom. The fourth-order valence-corrected chi connectivity index (χ4v) is 6.76. The predicted octanol–water partition coefficient (Wildman–Crippen LogP) is 5.70. The van der Waals surface area contributed by atoms with Gasteiger partial charge in [-0.2, -0.15) is 9.97 Å². The van der Waals surface area contributed by atoms with Crippen LogP contribution in [0.1, 0.15) is 54.2 Å². The van der Waals surface area contributed by atoms with Crippen LogP contribution >= 0.6 is 0 Å². The van der Waals surface area contributed by atoms with Gasteiger partial charge in [0.2, 0.25) is 5.95 Å². The van der Waals surface area contributed by atoms with Crippen molar-refractivity contribution in [1.29, 1.82) is 0 Å². The number of hydrogen-bond donors (Lipinski definition) is 1. The molecule has 0 bridgehead atoms. The summed E-state index contributed by atoms with van der Waals surface area (Å²) in [7, 11) is -4.10. The summed E-state index contributed by atoms with van der Waals surface area (Å²) in [5.41, 5.74) is 8.48. The predicted molar refractivity (Wildman–Crippen MR) is 167 cm³/mol. The van der Waals surface area contributed by atoms with Crippen LogP contribution in [0, 0.1) is 0 Å². The lowest BCUT2D eigenvalue weighted by Gasteiger charge is -2.40. The summed E-state index contributed by atoms with van der Waals surface area (Å²) in [6.07, 6.45) is 1.54. The summed E-state index contributed by atoms with van der Waals surface area (Å²) in [4.78, 5) is 20.8. The summed E-state index contributed by atoms with van der Waals surface area (Å²) in [6, 6.07) is 7.48. The molecule has 0 amide bonds. The first kappa shape index (κ1) is 30.5. The first-order chi connectivity index (χ1) is 19.5. The van der Waals surface area contributed by atoms with Crippen molar-refractivity contribution in [3.63, 3.8) is 0 Å². The molecule has 4 aromatic rings. The second kappa shape index (κ2) is 10.7. The molecule has 1 fully saturated rings. The number of fused-ring (bicyclic) bond motifs is 2. The highest BCUT2D eigenvalue weighted by Gasteiger charge is 2.47. The Kier molecular flexibility index (Phi) is 7.75. The maximum atomic E-state index is 6.94. The van der Waals surface area contributed by atoms with Gasteiger partial charge >= 0.3 is 0 Å². The molecule has 42 heavy (non-hydrogen) atoms. The maximum Gasteiger partial charge on any atom is 0.281 e. The molecule has 12 nitrogen and oxygen atoms in total. The molecular weight excluding hydrogens is 569 g/mol. The van der Waals surface area contributed by atoms with Gasteiger partial charge in [0.15, 0.2) is 27.8 Å². The van der Waals surface area contributed by atoms with E-state index in [0.29, 0.717) is 35.2 Å². The van der Waals surface area contributed by atoms with E-state index < -0.39 is 16.6 Å². The molecule has 0 aliphatic carbocycles. The van der Waals surface area contributed by atoms with Gasteiger partial charge in [-0.3, -0.25) is 4.57 Å². The molecule has 3 atom stereocenters. The zero-order chi connectivity index (χ0) is 30.7. The van der Waals surface area contributed by atoms with Crippen LogP contribution in [0.25, 0.3) is 22.2 Å². The number of ether oxygens (including phenoxy) is 1.